The molecule has 0 spiro atoms. The number of likely N-dealkylation sites (N-methyl/N-ethyl adjacent to an activating group) is 1. The number of aryl methyl sites for hydroxylation is 1. The van der Waals surface area contributed by atoms with Crippen molar-refractivity contribution < 1.29 is 17.6 Å². The molecule has 1 saturated heterocycles. The lowest BCUT2D eigenvalue weighted by atomic mass is 10.2. The maximum absolute atomic E-state index is 12.7. The zero-order valence-electron chi connectivity index (χ0n) is 13.3. The topological polar surface area (TPSA) is 70.8 Å². The molecular formula is C16H17ClN2O4S. The van der Waals surface area contributed by atoms with E-state index in [2.05, 4.69) is 0 Å². The van der Waals surface area contributed by atoms with Gasteiger partial charge in [0.25, 0.3) is 10.0 Å². The normalized spacial score (nSPS) is 18.6. The number of rotatable bonds is 4. The minimum Gasteiger partial charge on any atom is -0.449 e. The smallest absolute Gasteiger partial charge is 0.276 e. The molecule has 1 unspecified atom stereocenters. The molecule has 128 valence electrons. The average molecular weight is 369 g/mol. The summed E-state index contributed by atoms with van der Waals surface area (Å²) >= 11 is 6.14. The first-order valence-corrected chi connectivity index (χ1v) is 9.24. The van der Waals surface area contributed by atoms with Gasteiger partial charge in [-0.3, -0.25) is 4.79 Å². The Labute approximate surface area is 145 Å². The maximum atomic E-state index is 12.7. The second-order valence-corrected chi connectivity index (χ2v) is 7.97. The predicted octanol–water partition coefficient (Wildman–Crippen LogP) is 2.67. The summed E-state index contributed by atoms with van der Waals surface area (Å²) in [5.74, 6) is 0.204. The second kappa shape index (κ2) is 6.23. The fraction of sp³-hybridized carbons (Fsp3) is 0.312. The van der Waals surface area contributed by atoms with E-state index in [0.29, 0.717) is 29.4 Å². The molecule has 24 heavy (non-hydrogen) atoms. The van der Waals surface area contributed by atoms with Crippen LogP contribution in [0.15, 0.2) is 45.9 Å². The second-order valence-electron chi connectivity index (χ2n) is 5.63. The van der Waals surface area contributed by atoms with Crippen LogP contribution in [-0.2, 0) is 14.8 Å². The molecule has 1 aliphatic heterocycles. The lowest BCUT2D eigenvalue weighted by Gasteiger charge is -2.23. The van der Waals surface area contributed by atoms with Gasteiger partial charge in [0.05, 0.1) is 10.7 Å². The molecule has 1 fully saturated rings. The van der Waals surface area contributed by atoms with Crippen molar-refractivity contribution in [1.82, 2.24) is 4.31 Å². The third-order valence-electron chi connectivity index (χ3n) is 4.11. The number of nitrogens with zero attached hydrogens (tertiary/aromatic N) is 2. The Morgan fingerprint density at radius 3 is 2.58 bits per heavy atom. The highest BCUT2D eigenvalue weighted by molar-refractivity contribution is 7.89. The van der Waals surface area contributed by atoms with E-state index >= 15 is 0 Å². The average Bonchev–Trinajstić information content (AvgIpc) is 3.14. The van der Waals surface area contributed by atoms with E-state index in [9.17, 15) is 13.2 Å². The van der Waals surface area contributed by atoms with Crippen LogP contribution in [0, 0.1) is 6.92 Å². The lowest BCUT2D eigenvalue weighted by molar-refractivity contribution is -0.120. The zero-order chi connectivity index (χ0) is 17.5. The van der Waals surface area contributed by atoms with Gasteiger partial charge in [-0.05, 0) is 37.6 Å². The molecule has 0 N–H and O–H groups in total. The van der Waals surface area contributed by atoms with Crippen LogP contribution in [0.2, 0.25) is 5.02 Å². The van der Waals surface area contributed by atoms with Crippen LogP contribution in [0.4, 0.5) is 5.69 Å². The minimum absolute atomic E-state index is 0.161. The summed E-state index contributed by atoms with van der Waals surface area (Å²) in [7, 11) is -2.47. The fourth-order valence-electron chi connectivity index (χ4n) is 2.77. The van der Waals surface area contributed by atoms with Crippen molar-refractivity contribution in [2.45, 2.75) is 24.5 Å². The van der Waals surface area contributed by atoms with Crippen LogP contribution in [0.1, 0.15) is 12.2 Å². The molecule has 2 heterocycles. The molecule has 0 saturated carbocycles. The van der Waals surface area contributed by atoms with Crippen molar-refractivity contribution in [3.8, 4) is 0 Å². The first kappa shape index (κ1) is 17.0. The van der Waals surface area contributed by atoms with Gasteiger partial charge < -0.3 is 9.32 Å². The number of halogens is 1. The summed E-state index contributed by atoms with van der Waals surface area (Å²) in [4.78, 5) is 14.2. The van der Waals surface area contributed by atoms with Gasteiger partial charge in [-0.2, -0.15) is 4.31 Å². The van der Waals surface area contributed by atoms with Crippen molar-refractivity contribution in [2.75, 3.05) is 18.5 Å². The van der Waals surface area contributed by atoms with E-state index in [-0.39, 0.29) is 11.0 Å². The molecule has 1 aromatic heterocycles. The monoisotopic (exact) mass is 368 g/mol. The third-order valence-corrected chi connectivity index (χ3v) is 6.17. The number of sulfonamides is 1. The van der Waals surface area contributed by atoms with E-state index < -0.39 is 16.1 Å². The molecule has 1 amide bonds. The Balaban J connectivity index is 1.86. The van der Waals surface area contributed by atoms with E-state index in [1.165, 1.54) is 18.0 Å². The van der Waals surface area contributed by atoms with Crippen LogP contribution >= 0.6 is 11.6 Å². The number of amides is 1. The van der Waals surface area contributed by atoms with Crippen LogP contribution in [0.3, 0.4) is 0 Å². The van der Waals surface area contributed by atoms with Gasteiger partial charge in [0.15, 0.2) is 0 Å². The van der Waals surface area contributed by atoms with E-state index in [1.807, 2.05) is 0 Å². The van der Waals surface area contributed by atoms with Crippen molar-refractivity contribution in [2.24, 2.45) is 0 Å². The third kappa shape index (κ3) is 2.83. The Morgan fingerprint density at radius 1 is 1.25 bits per heavy atom. The highest BCUT2D eigenvalue weighted by atomic mass is 35.5. The highest BCUT2D eigenvalue weighted by Crippen LogP contribution is 2.31. The summed E-state index contributed by atoms with van der Waals surface area (Å²) in [6.07, 6.45) is 0.388. The molecule has 1 aromatic carbocycles. The molecule has 8 heteroatoms. The van der Waals surface area contributed by atoms with Gasteiger partial charge >= 0.3 is 0 Å². The number of benzene rings is 1. The quantitative estimate of drug-likeness (QED) is 0.831. The predicted molar refractivity (Wildman–Crippen MR) is 90.6 cm³/mol. The van der Waals surface area contributed by atoms with Gasteiger partial charge in [-0.25, -0.2) is 8.42 Å². The Morgan fingerprint density at radius 2 is 1.96 bits per heavy atom. The van der Waals surface area contributed by atoms with Crippen molar-refractivity contribution in [1.29, 1.82) is 0 Å². The number of carbonyl (C=O) groups excluding carboxylic acids is 1. The summed E-state index contributed by atoms with van der Waals surface area (Å²) in [5, 5.41) is 0.296. The summed E-state index contributed by atoms with van der Waals surface area (Å²) in [6, 6.07) is 9.20. The molecule has 0 aliphatic carbocycles. The Hall–Kier alpha value is -1.83. The van der Waals surface area contributed by atoms with Gasteiger partial charge in [0.1, 0.15) is 11.8 Å². The zero-order valence-corrected chi connectivity index (χ0v) is 14.8. The molecule has 2 aromatic rings. The molecule has 1 aliphatic rings. The maximum Gasteiger partial charge on any atom is 0.276 e. The molecule has 3 rings (SSSR count). The fourth-order valence-corrected chi connectivity index (χ4v) is 4.30. The standard InChI is InChI=1S/C16H17ClN2O4S/c1-11-7-8-15(23-11)24(21,22)18(2)14-9-10-19(16(14)20)13-6-4-3-5-12(13)17/h3-8,14H,9-10H2,1-2H3. The van der Waals surface area contributed by atoms with Crippen molar-refractivity contribution in [3.63, 3.8) is 0 Å². The number of furan rings is 1. The van der Waals surface area contributed by atoms with Crippen molar-refractivity contribution >= 4 is 33.2 Å². The molecule has 1 atom stereocenters. The largest absolute Gasteiger partial charge is 0.449 e. The van der Waals surface area contributed by atoms with Gasteiger partial charge in [-0.1, -0.05) is 23.7 Å². The van der Waals surface area contributed by atoms with Crippen LogP contribution < -0.4 is 4.90 Å². The molecule has 0 radical (unpaired) electrons. The van der Waals surface area contributed by atoms with Gasteiger partial charge in [0, 0.05) is 13.6 Å². The number of carbonyl (C=O) groups is 1. The Kier molecular flexibility index (Phi) is 4.42. The summed E-state index contributed by atoms with van der Waals surface area (Å²) in [6.45, 7) is 2.07. The minimum atomic E-state index is -3.86. The molecular weight excluding hydrogens is 352 g/mol. The van der Waals surface area contributed by atoms with E-state index in [0.717, 1.165) is 4.31 Å². The Bertz CT molecular complexity index is 878. The van der Waals surface area contributed by atoms with E-state index in [4.69, 9.17) is 16.0 Å². The molecule has 0 bridgehead atoms. The first-order valence-electron chi connectivity index (χ1n) is 7.43. The highest BCUT2D eigenvalue weighted by Gasteiger charge is 2.41. The SMILES string of the molecule is Cc1ccc(S(=O)(=O)N(C)C2CCN(c3ccccc3Cl)C2=O)o1. The van der Waals surface area contributed by atoms with Crippen molar-refractivity contribution in [3.05, 3.63) is 47.2 Å². The van der Waals surface area contributed by atoms with Gasteiger partial charge in [0.2, 0.25) is 11.0 Å². The summed E-state index contributed by atoms with van der Waals surface area (Å²) < 4.78 is 31.5. The number of hydrogen-bond acceptors (Lipinski definition) is 4. The summed E-state index contributed by atoms with van der Waals surface area (Å²) in [5.41, 5.74) is 0.589. The van der Waals surface area contributed by atoms with Crippen LogP contribution in [-0.4, -0.2) is 38.3 Å². The number of anilines is 1. The first-order chi connectivity index (χ1) is 11.3. The molecule has 6 nitrogen and oxygen atoms in total. The van der Waals surface area contributed by atoms with Gasteiger partial charge in [-0.15, -0.1) is 0 Å². The van der Waals surface area contributed by atoms with E-state index in [1.54, 1.807) is 37.3 Å². The number of para-hydroxylation sites is 1. The lowest BCUT2D eigenvalue weighted by Crippen LogP contribution is -2.42. The van der Waals surface area contributed by atoms with Crippen LogP contribution in [0.25, 0.3) is 0 Å². The van der Waals surface area contributed by atoms with Crippen LogP contribution in [0.5, 0.6) is 0 Å². The number of hydrogen-bond donors (Lipinski definition) is 0.